The van der Waals surface area contributed by atoms with Crippen molar-refractivity contribution < 1.29 is 23.4 Å². The first-order valence-corrected chi connectivity index (χ1v) is 4.21. The van der Waals surface area contributed by atoms with Gasteiger partial charge in [0.25, 0.3) is 6.43 Å². The van der Waals surface area contributed by atoms with Crippen molar-refractivity contribution in [1.29, 1.82) is 0 Å². The molecule has 0 aliphatic rings. The number of carbonyl (C=O) groups excluding carboxylic acids is 1. The quantitative estimate of drug-likeness (QED) is 0.785. The number of hydrogen-bond donors (Lipinski definition) is 1. The molecule has 1 heterocycles. The molecule has 0 aliphatic carbocycles. The van der Waals surface area contributed by atoms with Gasteiger partial charge in [-0.2, -0.15) is 0 Å². The Balaban J connectivity index is 3.05. The Kier molecular flexibility index (Phi) is 3.54. The summed E-state index contributed by atoms with van der Waals surface area (Å²) in [7, 11) is 0. The predicted octanol–water partition coefficient (Wildman–Crippen LogP) is 1.90. The first-order valence-electron chi connectivity index (χ1n) is 4.21. The molecule has 0 radical (unpaired) electrons. The molecule has 0 bridgehead atoms. The molecule has 0 fully saturated rings. The van der Waals surface area contributed by atoms with Gasteiger partial charge in [0.2, 0.25) is 0 Å². The van der Waals surface area contributed by atoms with E-state index in [9.17, 15) is 18.7 Å². The Morgan fingerprint density at radius 3 is 2.80 bits per heavy atom. The van der Waals surface area contributed by atoms with Crippen LogP contribution in [0.5, 0.6) is 5.75 Å². The molecule has 0 saturated heterocycles. The highest BCUT2D eigenvalue weighted by molar-refractivity contribution is 5.90. The fourth-order valence-corrected chi connectivity index (χ4v) is 0.938. The van der Waals surface area contributed by atoms with Crippen molar-refractivity contribution in [2.45, 2.75) is 13.3 Å². The molecular formula is C9H9F2NO3. The number of nitrogens with zero attached hydrogens (tertiary/aromatic N) is 1. The van der Waals surface area contributed by atoms with E-state index in [4.69, 9.17) is 0 Å². The Hall–Kier alpha value is -1.72. The van der Waals surface area contributed by atoms with Crippen molar-refractivity contribution in [3.05, 3.63) is 23.5 Å². The van der Waals surface area contributed by atoms with E-state index in [1.807, 2.05) is 0 Å². The van der Waals surface area contributed by atoms with Gasteiger partial charge in [-0.25, -0.2) is 18.6 Å². The maximum atomic E-state index is 12.2. The Morgan fingerprint density at radius 1 is 1.60 bits per heavy atom. The van der Waals surface area contributed by atoms with Crippen LogP contribution in [0.2, 0.25) is 0 Å². The third kappa shape index (κ3) is 2.61. The van der Waals surface area contributed by atoms with E-state index in [-0.39, 0.29) is 6.61 Å². The minimum absolute atomic E-state index is 0.0822. The highest BCUT2D eigenvalue weighted by Gasteiger charge is 2.18. The Bertz CT molecular complexity index is 368. The molecule has 4 nitrogen and oxygen atoms in total. The molecule has 0 spiro atoms. The van der Waals surface area contributed by atoms with E-state index >= 15 is 0 Å². The molecule has 0 unspecified atom stereocenters. The van der Waals surface area contributed by atoms with Crippen molar-refractivity contribution in [3.8, 4) is 5.75 Å². The number of alkyl halides is 2. The SMILES string of the molecule is CCOC(=O)c1nc(C(F)F)ccc1O. The minimum Gasteiger partial charge on any atom is -0.505 e. The lowest BCUT2D eigenvalue weighted by molar-refractivity contribution is 0.0514. The van der Waals surface area contributed by atoms with Gasteiger partial charge in [0, 0.05) is 0 Å². The third-order valence-electron chi connectivity index (χ3n) is 1.59. The maximum absolute atomic E-state index is 12.2. The van der Waals surface area contributed by atoms with Gasteiger partial charge >= 0.3 is 5.97 Å². The summed E-state index contributed by atoms with van der Waals surface area (Å²) in [6.45, 7) is 1.64. The van der Waals surface area contributed by atoms with E-state index in [1.54, 1.807) is 6.92 Å². The Labute approximate surface area is 84.5 Å². The molecule has 15 heavy (non-hydrogen) atoms. The predicted molar refractivity (Wildman–Crippen MR) is 46.8 cm³/mol. The lowest BCUT2D eigenvalue weighted by Gasteiger charge is -2.05. The lowest BCUT2D eigenvalue weighted by atomic mass is 10.3. The maximum Gasteiger partial charge on any atom is 0.360 e. The van der Waals surface area contributed by atoms with Crippen LogP contribution in [0.15, 0.2) is 12.1 Å². The molecule has 1 aromatic heterocycles. The summed E-state index contributed by atoms with van der Waals surface area (Å²) in [5.41, 5.74) is -1.06. The minimum atomic E-state index is -2.79. The summed E-state index contributed by atoms with van der Waals surface area (Å²) >= 11 is 0. The highest BCUT2D eigenvalue weighted by atomic mass is 19.3. The summed E-state index contributed by atoms with van der Waals surface area (Å²) in [5, 5.41) is 9.21. The normalized spacial score (nSPS) is 10.4. The second-order valence-electron chi connectivity index (χ2n) is 2.63. The van der Waals surface area contributed by atoms with Gasteiger partial charge in [0.05, 0.1) is 6.61 Å². The first kappa shape index (κ1) is 11.4. The number of pyridine rings is 1. The molecule has 0 saturated carbocycles. The van der Waals surface area contributed by atoms with Crippen LogP contribution in [-0.2, 0) is 4.74 Å². The second-order valence-corrected chi connectivity index (χ2v) is 2.63. The topological polar surface area (TPSA) is 59.4 Å². The molecule has 82 valence electrons. The number of esters is 1. The van der Waals surface area contributed by atoms with Gasteiger partial charge in [0.1, 0.15) is 11.4 Å². The molecule has 1 N–H and O–H groups in total. The largest absolute Gasteiger partial charge is 0.505 e. The van der Waals surface area contributed by atoms with E-state index in [2.05, 4.69) is 9.72 Å². The summed E-state index contributed by atoms with van der Waals surface area (Å²) in [6.07, 6.45) is -2.79. The van der Waals surface area contributed by atoms with Crippen molar-refractivity contribution in [2.75, 3.05) is 6.61 Å². The van der Waals surface area contributed by atoms with Crippen molar-refractivity contribution in [1.82, 2.24) is 4.98 Å². The van der Waals surface area contributed by atoms with Gasteiger partial charge in [-0.05, 0) is 19.1 Å². The van der Waals surface area contributed by atoms with Crippen LogP contribution in [0.25, 0.3) is 0 Å². The smallest absolute Gasteiger partial charge is 0.360 e. The molecule has 1 aromatic rings. The number of halogens is 2. The van der Waals surface area contributed by atoms with Crippen molar-refractivity contribution in [3.63, 3.8) is 0 Å². The van der Waals surface area contributed by atoms with Crippen LogP contribution in [0, 0.1) is 0 Å². The highest BCUT2D eigenvalue weighted by Crippen LogP contribution is 2.22. The number of carbonyl (C=O) groups is 1. The Morgan fingerprint density at radius 2 is 2.27 bits per heavy atom. The van der Waals surface area contributed by atoms with Crippen LogP contribution in [-0.4, -0.2) is 22.7 Å². The molecule has 6 heteroatoms. The monoisotopic (exact) mass is 217 g/mol. The molecule has 0 atom stereocenters. The lowest BCUT2D eigenvalue weighted by Crippen LogP contribution is -2.08. The van der Waals surface area contributed by atoms with Gasteiger partial charge in [-0.1, -0.05) is 0 Å². The summed E-state index contributed by atoms with van der Waals surface area (Å²) in [4.78, 5) is 14.5. The van der Waals surface area contributed by atoms with Crippen LogP contribution in [0.1, 0.15) is 29.5 Å². The average Bonchev–Trinajstić information content (AvgIpc) is 2.18. The van der Waals surface area contributed by atoms with Gasteiger partial charge in [-0.15, -0.1) is 0 Å². The summed E-state index contributed by atoms with van der Waals surface area (Å²) in [5.74, 6) is -1.39. The average molecular weight is 217 g/mol. The van der Waals surface area contributed by atoms with E-state index < -0.39 is 29.5 Å². The second kappa shape index (κ2) is 4.68. The zero-order valence-corrected chi connectivity index (χ0v) is 7.91. The fraction of sp³-hybridized carbons (Fsp3) is 0.333. The van der Waals surface area contributed by atoms with Crippen molar-refractivity contribution in [2.24, 2.45) is 0 Å². The molecule has 0 aromatic carbocycles. The van der Waals surface area contributed by atoms with Crippen LogP contribution < -0.4 is 0 Å². The number of aromatic nitrogens is 1. The first-order chi connectivity index (χ1) is 7.06. The summed E-state index contributed by atoms with van der Waals surface area (Å²) < 4.78 is 29.0. The molecular weight excluding hydrogens is 208 g/mol. The number of hydrogen-bond acceptors (Lipinski definition) is 4. The van der Waals surface area contributed by atoms with E-state index in [0.29, 0.717) is 0 Å². The van der Waals surface area contributed by atoms with Gasteiger partial charge in [0.15, 0.2) is 5.69 Å². The summed E-state index contributed by atoms with van der Waals surface area (Å²) in [6, 6.07) is 1.93. The fourth-order valence-electron chi connectivity index (χ4n) is 0.938. The van der Waals surface area contributed by atoms with Crippen LogP contribution >= 0.6 is 0 Å². The van der Waals surface area contributed by atoms with Crippen LogP contribution in [0.4, 0.5) is 8.78 Å². The van der Waals surface area contributed by atoms with Gasteiger partial charge < -0.3 is 9.84 Å². The van der Waals surface area contributed by atoms with E-state index in [1.165, 1.54) is 0 Å². The van der Waals surface area contributed by atoms with Crippen molar-refractivity contribution >= 4 is 5.97 Å². The zero-order chi connectivity index (χ0) is 11.4. The van der Waals surface area contributed by atoms with Crippen LogP contribution in [0.3, 0.4) is 0 Å². The standard InChI is InChI=1S/C9H9F2NO3/c1-2-15-9(14)7-6(13)4-3-5(12-7)8(10)11/h3-4,8,13H,2H2,1H3. The molecule has 0 amide bonds. The van der Waals surface area contributed by atoms with Gasteiger partial charge in [-0.3, -0.25) is 0 Å². The number of aromatic hydroxyl groups is 1. The molecule has 1 rings (SSSR count). The number of rotatable bonds is 3. The number of ether oxygens (including phenoxy) is 1. The van der Waals surface area contributed by atoms with E-state index in [0.717, 1.165) is 12.1 Å². The third-order valence-corrected chi connectivity index (χ3v) is 1.59. The zero-order valence-electron chi connectivity index (χ0n) is 7.91. The molecule has 0 aliphatic heterocycles.